The van der Waals surface area contributed by atoms with E-state index in [0.29, 0.717) is 0 Å². The lowest BCUT2D eigenvalue weighted by atomic mass is 9.93. The van der Waals surface area contributed by atoms with Crippen LogP contribution in [0.5, 0.6) is 0 Å². The van der Waals surface area contributed by atoms with Crippen LogP contribution >= 0.6 is 0 Å². The molecule has 0 bridgehead atoms. The second kappa shape index (κ2) is 4.66. The monoisotopic (exact) mass is 178 g/mol. The topological polar surface area (TPSA) is 52.9 Å². The number of nitrogens with zero attached hydrogens (tertiary/aromatic N) is 1. The van der Waals surface area contributed by atoms with Crippen LogP contribution in [0.25, 0.3) is 0 Å². The van der Waals surface area contributed by atoms with Crippen molar-refractivity contribution in [3.63, 3.8) is 0 Å². The van der Waals surface area contributed by atoms with Gasteiger partial charge in [-0.25, -0.2) is 0 Å². The zero-order valence-electron chi connectivity index (χ0n) is 7.79. The maximum Gasteiger partial charge on any atom is 0.224 e. The van der Waals surface area contributed by atoms with E-state index in [1.807, 2.05) is 12.1 Å². The van der Waals surface area contributed by atoms with Gasteiger partial charge >= 0.3 is 0 Å². The standard InChI is InChI=1S/C10H14N2O/c1-8(7-11)12-10(13)9-5-3-2-4-6-9/h2-3,8-9H,4-6H2,1H3,(H,12,13)/t8-,9?/m1/s1. The quantitative estimate of drug-likeness (QED) is 0.649. The summed E-state index contributed by atoms with van der Waals surface area (Å²) < 4.78 is 0. The van der Waals surface area contributed by atoms with E-state index in [2.05, 4.69) is 11.4 Å². The van der Waals surface area contributed by atoms with Gasteiger partial charge in [0.2, 0.25) is 5.91 Å². The minimum atomic E-state index is -0.376. The lowest BCUT2D eigenvalue weighted by Crippen LogP contribution is -2.36. The highest BCUT2D eigenvalue weighted by Gasteiger charge is 2.19. The highest BCUT2D eigenvalue weighted by atomic mass is 16.1. The zero-order chi connectivity index (χ0) is 9.68. The number of hydrogen-bond acceptors (Lipinski definition) is 2. The fourth-order valence-electron chi connectivity index (χ4n) is 1.40. The Morgan fingerprint density at radius 1 is 1.69 bits per heavy atom. The van der Waals surface area contributed by atoms with Crippen molar-refractivity contribution in [2.45, 2.75) is 32.2 Å². The number of carbonyl (C=O) groups excluding carboxylic acids is 1. The van der Waals surface area contributed by atoms with Gasteiger partial charge in [0, 0.05) is 5.92 Å². The lowest BCUT2D eigenvalue weighted by molar-refractivity contribution is -0.125. The molecule has 0 saturated heterocycles. The molecule has 0 saturated carbocycles. The van der Waals surface area contributed by atoms with Crippen molar-refractivity contribution in [3.8, 4) is 6.07 Å². The largest absolute Gasteiger partial charge is 0.340 e. The first kappa shape index (κ1) is 9.79. The Kier molecular flexibility index (Phi) is 3.51. The molecule has 3 nitrogen and oxygen atoms in total. The molecule has 0 fully saturated rings. The summed E-state index contributed by atoms with van der Waals surface area (Å²) in [6.45, 7) is 1.69. The van der Waals surface area contributed by atoms with Gasteiger partial charge in [0.05, 0.1) is 6.07 Å². The van der Waals surface area contributed by atoms with Crippen LogP contribution in [0.1, 0.15) is 26.2 Å². The second-order valence-corrected chi connectivity index (χ2v) is 3.34. The molecule has 1 aliphatic carbocycles. The molecule has 1 rings (SSSR count). The van der Waals surface area contributed by atoms with Crippen molar-refractivity contribution in [2.24, 2.45) is 5.92 Å². The smallest absolute Gasteiger partial charge is 0.224 e. The van der Waals surface area contributed by atoms with Crippen LogP contribution in [-0.4, -0.2) is 11.9 Å². The molecular formula is C10H14N2O. The summed E-state index contributed by atoms with van der Waals surface area (Å²) in [5.41, 5.74) is 0. The fraction of sp³-hybridized carbons (Fsp3) is 0.600. The molecule has 2 atom stereocenters. The molecule has 0 radical (unpaired) electrons. The fourth-order valence-corrected chi connectivity index (χ4v) is 1.40. The number of rotatable bonds is 2. The Bertz CT molecular complexity index is 252. The maximum absolute atomic E-state index is 11.5. The molecule has 0 heterocycles. The van der Waals surface area contributed by atoms with E-state index in [-0.39, 0.29) is 17.9 Å². The first-order valence-corrected chi connectivity index (χ1v) is 4.59. The minimum Gasteiger partial charge on any atom is -0.340 e. The first-order valence-electron chi connectivity index (χ1n) is 4.59. The molecule has 1 aliphatic rings. The SMILES string of the molecule is C[C@H](C#N)NC(=O)C1CC=CCC1. The Hall–Kier alpha value is -1.30. The number of allylic oxidation sites excluding steroid dienone is 2. The van der Waals surface area contributed by atoms with Gasteiger partial charge in [-0.15, -0.1) is 0 Å². The summed E-state index contributed by atoms with van der Waals surface area (Å²) in [6, 6.07) is 1.61. The van der Waals surface area contributed by atoms with E-state index in [1.165, 1.54) is 0 Å². The minimum absolute atomic E-state index is 0.0124. The van der Waals surface area contributed by atoms with Gasteiger partial charge in [0.25, 0.3) is 0 Å². The van der Waals surface area contributed by atoms with Crippen LogP contribution in [0.4, 0.5) is 0 Å². The summed E-state index contributed by atoms with van der Waals surface area (Å²) in [6.07, 6.45) is 6.81. The van der Waals surface area contributed by atoms with Gasteiger partial charge in [0.15, 0.2) is 0 Å². The number of amides is 1. The molecule has 0 aromatic carbocycles. The Morgan fingerprint density at radius 2 is 2.46 bits per heavy atom. The van der Waals surface area contributed by atoms with Gasteiger partial charge in [-0.1, -0.05) is 12.2 Å². The van der Waals surface area contributed by atoms with Crippen molar-refractivity contribution in [2.75, 3.05) is 0 Å². The number of nitrogens with one attached hydrogen (secondary N) is 1. The highest BCUT2D eigenvalue weighted by Crippen LogP contribution is 2.17. The van der Waals surface area contributed by atoms with Gasteiger partial charge < -0.3 is 5.32 Å². The average Bonchev–Trinajstić information content (AvgIpc) is 2.19. The van der Waals surface area contributed by atoms with Crippen LogP contribution in [0.2, 0.25) is 0 Å². The molecule has 70 valence electrons. The summed E-state index contributed by atoms with van der Waals surface area (Å²) in [4.78, 5) is 11.5. The van der Waals surface area contributed by atoms with Crippen molar-refractivity contribution in [1.82, 2.24) is 5.32 Å². The van der Waals surface area contributed by atoms with Crippen molar-refractivity contribution >= 4 is 5.91 Å². The van der Waals surface area contributed by atoms with Crippen molar-refractivity contribution < 1.29 is 4.79 Å². The van der Waals surface area contributed by atoms with Gasteiger partial charge in [-0.05, 0) is 26.2 Å². The van der Waals surface area contributed by atoms with E-state index in [0.717, 1.165) is 19.3 Å². The third kappa shape index (κ3) is 2.90. The van der Waals surface area contributed by atoms with Crippen LogP contribution in [0.3, 0.4) is 0 Å². The molecule has 1 N–H and O–H groups in total. The summed E-state index contributed by atoms with van der Waals surface area (Å²) in [7, 11) is 0. The Labute approximate surface area is 78.4 Å². The van der Waals surface area contributed by atoms with E-state index in [1.54, 1.807) is 6.92 Å². The number of nitriles is 1. The molecule has 13 heavy (non-hydrogen) atoms. The molecule has 3 heteroatoms. The normalized spacial score (nSPS) is 23.2. The van der Waals surface area contributed by atoms with E-state index in [4.69, 9.17) is 5.26 Å². The second-order valence-electron chi connectivity index (χ2n) is 3.34. The maximum atomic E-state index is 11.5. The number of hydrogen-bond donors (Lipinski definition) is 1. The molecule has 0 aliphatic heterocycles. The predicted octanol–water partition coefficient (Wildman–Crippen LogP) is 1.37. The third-order valence-corrected chi connectivity index (χ3v) is 2.19. The third-order valence-electron chi connectivity index (χ3n) is 2.19. The molecule has 0 spiro atoms. The molecule has 0 aromatic rings. The summed E-state index contributed by atoms with van der Waals surface area (Å²) in [5.74, 6) is 0.0826. The predicted molar refractivity (Wildman–Crippen MR) is 49.7 cm³/mol. The zero-order valence-corrected chi connectivity index (χ0v) is 7.79. The lowest BCUT2D eigenvalue weighted by Gasteiger charge is -2.17. The molecule has 1 amide bonds. The average molecular weight is 178 g/mol. The first-order chi connectivity index (χ1) is 6.24. The van der Waals surface area contributed by atoms with Crippen LogP contribution < -0.4 is 5.32 Å². The van der Waals surface area contributed by atoms with Crippen LogP contribution in [0.15, 0.2) is 12.2 Å². The Balaban J connectivity index is 2.39. The van der Waals surface area contributed by atoms with Gasteiger partial charge in [-0.2, -0.15) is 5.26 Å². The van der Waals surface area contributed by atoms with E-state index < -0.39 is 0 Å². The van der Waals surface area contributed by atoms with Gasteiger partial charge in [-0.3, -0.25) is 4.79 Å². The summed E-state index contributed by atoms with van der Waals surface area (Å²) >= 11 is 0. The molecule has 0 aromatic heterocycles. The Morgan fingerprint density at radius 3 is 3.00 bits per heavy atom. The van der Waals surface area contributed by atoms with Crippen LogP contribution in [-0.2, 0) is 4.79 Å². The van der Waals surface area contributed by atoms with Crippen molar-refractivity contribution in [1.29, 1.82) is 5.26 Å². The van der Waals surface area contributed by atoms with E-state index >= 15 is 0 Å². The molecule has 1 unspecified atom stereocenters. The van der Waals surface area contributed by atoms with Gasteiger partial charge in [0.1, 0.15) is 6.04 Å². The van der Waals surface area contributed by atoms with Crippen LogP contribution in [0, 0.1) is 17.2 Å². The van der Waals surface area contributed by atoms with Crippen molar-refractivity contribution in [3.05, 3.63) is 12.2 Å². The number of carbonyl (C=O) groups is 1. The summed E-state index contributed by atoms with van der Waals surface area (Å²) in [5, 5.41) is 11.2. The highest BCUT2D eigenvalue weighted by molar-refractivity contribution is 5.79. The molecular weight excluding hydrogens is 164 g/mol. The van der Waals surface area contributed by atoms with E-state index in [9.17, 15) is 4.79 Å².